The van der Waals surface area contributed by atoms with Crippen molar-refractivity contribution in [1.29, 1.82) is 0 Å². The van der Waals surface area contributed by atoms with Crippen molar-refractivity contribution in [1.82, 2.24) is 0 Å². The Bertz CT molecular complexity index is 900. The molecular weight excluding hydrogens is 649 g/mol. The number of aliphatic carboxylic acids is 1. The van der Waals surface area contributed by atoms with E-state index in [2.05, 4.69) is 30.5 Å². The van der Waals surface area contributed by atoms with Gasteiger partial charge in [-0.05, 0) is 32.1 Å². The van der Waals surface area contributed by atoms with E-state index in [-0.39, 0.29) is 19.4 Å². The molecule has 0 rings (SSSR count). The second-order valence-electron chi connectivity index (χ2n) is 13.1. The third-order valence-corrected chi connectivity index (χ3v) is 9.21. The van der Waals surface area contributed by atoms with Gasteiger partial charge in [0, 0.05) is 12.8 Å². The molecule has 288 valence electrons. The molecule has 1 unspecified atom stereocenters. The minimum atomic E-state index is -4.70. The van der Waals surface area contributed by atoms with Crippen LogP contribution in [0.25, 0.3) is 0 Å². The van der Waals surface area contributed by atoms with Crippen molar-refractivity contribution in [3.05, 3.63) is 12.2 Å². The molecule has 49 heavy (non-hydrogen) atoms. The van der Waals surface area contributed by atoms with Crippen molar-refractivity contribution in [3.63, 3.8) is 0 Å². The Kier molecular flexibility index (Phi) is 32.2. The zero-order chi connectivity index (χ0) is 36.4. The minimum Gasteiger partial charge on any atom is -0.480 e. The summed E-state index contributed by atoms with van der Waals surface area (Å²) in [5.41, 5.74) is 5.31. The first-order valence-corrected chi connectivity index (χ1v) is 20.7. The summed E-state index contributed by atoms with van der Waals surface area (Å²) < 4.78 is 32.5. The van der Waals surface area contributed by atoms with Crippen molar-refractivity contribution >= 4 is 25.7 Å². The van der Waals surface area contributed by atoms with Gasteiger partial charge in [-0.3, -0.25) is 23.4 Å². The van der Waals surface area contributed by atoms with Gasteiger partial charge in [0.05, 0.1) is 13.2 Å². The van der Waals surface area contributed by atoms with Crippen molar-refractivity contribution in [2.24, 2.45) is 5.73 Å². The first-order valence-electron chi connectivity index (χ1n) is 19.2. The Morgan fingerprint density at radius 2 is 1.04 bits per heavy atom. The summed E-state index contributed by atoms with van der Waals surface area (Å²) in [6, 6.07) is -1.52. The lowest BCUT2D eigenvalue weighted by Gasteiger charge is -2.20. The number of unbranched alkanes of at least 4 members (excludes halogenated alkanes) is 20. The average molecular weight is 720 g/mol. The van der Waals surface area contributed by atoms with Gasteiger partial charge in [-0.2, -0.15) is 0 Å². The molecule has 0 aromatic carbocycles. The third-order valence-electron chi connectivity index (χ3n) is 8.26. The van der Waals surface area contributed by atoms with Crippen LogP contribution in [-0.4, -0.2) is 59.9 Å². The average Bonchev–Trinajstić information content (AvgIpc) is 3.07. The van der Waals surface area contributed by atoms with E-state index < -0.39 is 51.1 Å². The maximum Gasteiger partial charge on any atom is 0.472 e. The van der Waals surface area contributed by atoms with Crippen LogP contribution in [0.1, 0.15) is 174 Å². The van der Waals surface area contributed by atoms with Gasteiger partial charge < -0.3 is 25.2 Å². The molecule has 0 spiro atoms. The number of phosphoric ester groups is 1. The van der Waals surface area contributed by atoms with Gasteiger partial charge >= 0.3 is 25.7 Å². The third kappa shape index (κ3) is 33.1. The van der Waals surface area contributed by atoms with Crippen LogP contribution in [0.15, 0.2) is 12.2 Å². The number of nitrogens with two attached hydrogens (primary N) is 1. The van der Waals surface area contributed by atoms with E-state index in [1.54, 1.807) is 0 Å². The molecule has 0 aliphatic heterocycles. The van der Waals surface area contributed by atoms with E-state index in [1.165, 1.54) is 96.3 Å². The fourth-order valence-corrected chi connectivity index (χ4v) is 5.94. The second-order valence-corrected chi connectivity index (χ2v) is 14.5. The van der Waals surface area contributed by atoms with Crippen LogP contribution in [0.2, 0.25) is 0 Å². The summed E-state index contributed by atoms with van der Waals surface area (Å²) >= 11 is 0. The first kappa shape index (κ1) is 47.2. The lowest BCUT2D eigenvalue weighted by molar-refractivity contribution is -0.161. The van der Waals surface area contributed by atoms with Gasteiger partial charge in [-0.1, -0.05) is 142 Å². The highest BCUT2D eigenvalue weighted by Crippen LogP contribution is 2.43. The van der Waals surface area contributed by atoms with Crippen molar-refractivity contribution < 1.29 is 47.5 Å². The molecule has 0 radical (unpaired) electrons. The van der Waals surface area contributed by atoms with Crippen LogP contribution in [-0.2, 0) is 37.5 Å². The van der Waals surface area contributed by atoms with Crippen LogP contribution in [0.5, 0.6) is 0 Å². The Morgan fingerprint density at radius 3 is 1.55 bits per heavy atom. The van der Waals surface area contributed by atoms with E-state index >= 15 is 0 Å². The standard InChI is InChI=1S/C37H70NO10P/c1-3-5-7-9-11-13-15-16-17-18-19-21-23-25-27-29-36(40)48-33(31-46-49(43,44)47-32-34(38)37(41)42)30-45-35(39)28-26-24-22-20-14-12-10-8-6-4-2/h9,11,33-34H,3-8,10,12-32,38H2,1-2H3,(H,41,42)(H,43,44)/b11-9+/t33-,34+/m1/s1. The highest BCUT2D eigenvalue weighted by Gasteiger charge is 2.28. The quantitative estimate of drug-likeness (QED) is 0.0244. The maximum atomic E-state index is 12.5. The molecule has 4 N–H and O–H groups in total. The van der Waals surface area contributed by atoms with E-state index in [1.807, 2.05) is 0 Å². The summed E-state index contributed by atoms with van der Waals surface area (Å²) in [6.07, 6.45) is 30.0. The molecule has 0 aromatic heterocycles. The molecule has 0 aliphatic rings. The zero-order valence-corrected chi connectivity index (χ0v) is 31.7. The van der Waals surface area contributed by atoms with Gasteiger partial charge in [0.1, 0.15) is 12.6 Å². The number of ether oxygens (including phenoxy) is 2. The van der Waals surface area contributed by atoms with Crippen LogP contribution < -0.4 is 5.73 Å². The Balaban J connectivity index is 4.41. The summed E-state index contributed by atoms with van der Waals surface area (Å²) in [5, 5.41) is 8.85. The molecule has 0 heterocycles. The predicted octanol–water partition coefficient (Wildman–Crippen LogP) is 9.34. The number of allylic oxidation sites excluding steroid dienone is 2. The lowest BCUT2D eigenvalue weighted by Crippen LogP contribution is -2.34. The number of esters is 2. The van der Waals surface area contributed by atoms with Gasteiger partial charge in [0.2, 0.25) is 0 Å². The number of carbonyl (C=O) groups excluding carboxylic acids is 2. The monoisotopic (exact) mass is 719 g/mol. The number of carboxylic acids is 1. The number of carboxylic acid groups (broad SMARTS) is 1. The SMILES string of the molecule is CCCC/C=C/CCCCCCCCCCCC(=O)O[C@H](COC(=O)CCCCCCCCCCCC)COP(=O)(O)OC[C@H](N)C(=O)O. The normalized spacial score (nSPS) is 14.0. The molecule has 0 aliphatic carbocycles. The van der Waals surface area contributed by atoms with Crippen LogP contribution in [0.3, 0.4) is 0 Å². The van der Waals surface area contributed by atoms with Crippen molar-refractivity contribution in [2.45, 2.75) is 187 Å². The minimum absolute atomic E-state index is 0.162. The molecular formula is C37H70NO10P. The first-order chi connectivity index (χ1) is 23.6. The molecule has 3 atom stereocenters. The Hall–Kier alpha value is -1.78. The number of phosphoric acid groups is 1. The Labute approximate surface area is 297 Å². The molecule has 0 fully saturated rings. The second kappa shape index (κ2) is 33.4. The van der Waals surface area contributed by atoms with Crippen molar-refractivity contribution in [2.75, 3.05) is 19.8 Å². The van der Waals surface area contributed by atoms with Crippen LogP contribution in [0, 0.1) is 0 Å². The predicted molar refractivity (Wildman–Crippen MR) is 194 cm³/mol. The van der Waals surface area contributed by atoms with Gasteiger partial charge in [-0.25, -0.2) is 4.57 Å². The Morgan fingerprint density at radius 1 is 0.612 bits per heavy atom. The van der Waals surface area contributed by atoms with E-state index in [9.17, 15) is 23.8 Å². The number of rotatable bonds is 36. The van der Waals surface area contributed by atoms with E-state index in [0.717, 1.165) is 38.5 Å². The van der Waals surface area contributed by atoms with Crippen LogP contribution in [0.4, 0.5) is 0 Å². The molecule has 12 heteroatoms. The summed E-state index contributed by atoms with van der Waals surface area (Å²) in [6.45, 7) is 2.75. The highest BCUT2D eigenvalue weighted by molar-refractivity contribution is 7.47. The fourth-order valence-electron chi connectivity index (χ4n) is 5.16. The topological polar surface area (TPSA) is 172 Å². The molecule has 0 saturated carbocycles. The molecule has 11 nitrogen and oxygen atoms in total. The summed E-state index contributed by atoms with van der Waals surface area (Å²) in [7, 11) is -4.70. The summed E-state index contributed by atoms with van der Waals surface area (Å²) in [5.74, 6) is -2.38. The fraction of sp³-hybridized carbons (Fsp3) is 0.865. The maximum absolute atomic E-state index is 12.5. The highest BCUT2D eigenvalue weighted by atomic mass is 31.2. The largest absolute Gasteiger partial charge is 0.480 e. The van der Waals surface area contributed by atoms with Gasteiger partial charge in [0.25, 0.3) is 0 Å². The number of carbonyl (C=O) groups is 3. The van der Waals surface area contributed by atoms with Gasteiger partial charge in [0.15, 0.2) is 6.10 Å². The molecule has 0 saturated heterocycles. The number of hydrogen-bond donors (Lipinski definition) is 3. The molecule has 0 aromatic rings. The van der Waals surface area contributed by atoms with E-state index in [4.69, 9.17) is 24.8 Å². The number of hydrogen-bond acceptors (Lipinski definition) is 9. The zero-order valence-electron chi connectivity index (χ0n) is 30.8. The molecule has 0 bridgehead atoms. The van der Waals surface area contributed by atoms with Crippen LogP contribution >= 0.6 is 7.82 Å². The van der Waals surface area contributed by atoms with Crippen molar-refractivity contribution in [3.8, 4) is 0 Å². The lowest BCUT2D eigenvalue weighted by atomic mass is 10.1. The summed E-state index contributed by atoms with van der Waals surface area (Å²) in [4.78, 5) is 45.7. The van der Waals surface area contributed by atoms with E-state index in [0.29, 0.717) is 12.8 Å². The molecule has 0 amide bonds. The van der Waals surface area contributed by atoms with Gasteiger partial charge in [-0.15, -0.1) is 0 Å². The smallest absolute Gasteiger partial charge is 0.472 e.